The van der Waals surface area contributed by atoms with Crippen LogP contribution in [0.2, 0.25) is 0 Å². The van der Waals surface area contributed by atoms with Gasteiger partial charge in [-0.25, -0.2) is 0 Å². The molecule has 1 aliphatic rings. The highest BCUT2D eigenvalue weighted by Gasteiger charge is 2.31. The molecular weight excluding hydrogens is 228 g/mol. The molecule has 0 amide bonds. The highest BCUT2D eigenvalue weighted by Crippen LogP contribution is 2.34. The Bertz CT molecular complexity index is 511. The molecule has 5 heteroatoms. The van der Waals surface area contributed by atoms with Gasteiger partial charge in [-0.3, -0.25) is 4.98 Å². The van der Waals surface area contributed by atoms with Crippen LogP contribution in [0.3, 0.4) is 0 Å². The standard InChI is InChI=1S/C13H16N4O/c1-14-11-6-2-5-10(11)13-16-12(17-18-13)9-4-3-7-15-8-9/h3-4,7-8,10-11,14H,2,5-6H2,1H3/t10-,11+/m0/s1. The highest BCUT2D eigenvalue weighted by atomic mass is 16.5. The molecule has 0 radical (unpaired) electrons. The van der Waals surface area contributed by atoms with Crippen molar-refractivity contribution in [2.24, 2.45) is 0 Å². The topological polar surface area (TPSA) is 63.8 Å². The molecule has 0 aliphatic heterocycles. The summed E-state index contributed by atoms with van der Waals surface area (Å²) in [7, 11) is 1.99. The molecule has 1 saturated carbocycles. The number of hydrogen-bond donors (Lipinski definition) is 1. The minimum atomic E-state index is 0.341. The molecule has 2 heterocycles. The van der Waals surface area contributed by atoms with Crippen molar-refractivity contribution in [1.82, 2.24) is 20.4 Å². The molecule has 1 N–H and O–H groups in total. The van der Waals surface area contributed by atoms with E-state index in [0.29, 0.717) is 17.8 Å². The van der Waals surface area contributed by atoms with Crippen LogP contribution >= 0.6 is 0 Å². The molecule has 94 valence electrons. The Morgan fingerprint density at radius 3 is 3.11 bits per heavy atom. The van der Waals surface area contributed by atoms with Crippen LogP contribution in [0, 0.1) is 0 Å². The minimum absolute atomic E-state index is 0.341. The fourth-order valence-electron chi connectivity index (χ4n) is 2.60. The van der Waals surface area contributed by atoms with Gasteiger partial charge in [0.05, 0.1) is 5.92 Å². The number of likely N-dealkylation sites (N-methyl/N-ethyl adjacent to an activating group) is 1. The molecule has 0 bridgehead atoms. The van der Waals surface area contributed by atoms with Crippen molar-refractivity contribution in [1.29, 1.82) is 0 Å². The zero-order chi connectivity index (χ0) is 12.4. The van der Waals surface area contributed by atoms with Crippen LogP contribution in [0.15, 0.2) is 29.0 Å². The van der Waals surface area contributed by atoms with Gasteiger partial charge in [-0.1, -0.05) is 11.6 Å². The summed E-state index contributed by atoms with van der Waals surface area (Å²) in [6.07, 6.45) is 6.98. The number of aromatic nitrogens is 3. The Balaban J connectivity index is 1.86. The summed E-state index contributed by atoms with van der Waals surface area (Å²) in [4.78, 5) is 8.57. The van der Waals surface area contributed by atoms with Crippen LogP contribution in [-0.4, -0.2) is 28.2 Å². The van der Waals surface area contributed by atoms with Gasteiger partial charge in [0.15, 0.2) is 0 Å². The first kappa shape index (κ1) is 11.3. The van der Waals surface area contributed by atoms with Crippen molar-refractivity contribution < 1.29 is 4.52 Å². The van der Waals surface area contributed by atoms with Crippen molar-refractivity contribution in [2.75, 3.05) is 7.05 Å². The van der Waals surface area contributed by atoms with Gasteiger partial charge >= 0.3 is 0 Å². The van der Waals surface area contributed by atoms with Crippen LogP contribution in [0.25, 0.3) is 11.4 Å². The molecule has 0 unspecified atom stereocenters. The van der Waals surface area contributed by atoms with Crippen molar-refractivity contribution >= 4 is 0 Å². The summed E-state index contributed by atoms with van der Waals surface area (Å²) in [6.45, 7) is 0. The third-order valence-electron chi connectivity index (χ3n) is 3.57. The second kappa shape index (κ2) is 4.86. The maximum Gasteiger partial charge on any atom is 0.231 e. The summed E-state index contributed by atoms with van der Waals surface area (Å²) in [5.74, 6) is 1.71. The van der Waals surface area contributed by atoms with Gasteiger partial charge in [0, 0.05) is 24.0 Å². The van der Waals surface area contributed by atoms with Gasteiger partial charge in [-0.2, -0.15) is 4.98 Å². The van der Waals surface area contributed by atoms with Gasteiger partial charge in [0.2, 0.25) is 11.7 Å². The van der Waals surface area contributed by atoms with E-state index in [1.54, 1.807) is 12.4 Å². The maximum absolute atomic E-state index is 5.41. The lowest BCUT2D eigenvalue weighted by Crippen LogP contribution is -2.27. The lowest BCUT2D eigenvalue weighted by Gasteiger charge is -2.14. The van der Waals surface area contributed by atoms with E-state index in [9.17, 15) is 0 Å². The minimum Gasteiger partial charge on any atom is -0.339 e. The molecule has 1 aliphatic carbocycles. The second-order valence-corrected chi connectivity index (χ2v) is 4.63. The summed E-state index contributed by atoms with van der Waals surface area (Å²) < 4.78 is 5.41. The van der Waals surface area contributed by atoms with Crippen LogP contribution in [0.4, 0.5) is 0 Å². The van der Waals surface area contributed by atoms with Gasteiger partial charge < -0.3 is 9.84 Å². The Kier molecular flexibility index (Phi) is 3.06. The van der Waals surface area contributed by atoms with E-state index in [1.807, 2.05) is 19.2 Å². The molecule has 2 aromatic rings. The SMILES string of the molecule is CN[C@@H]1CCC[C@@H]1c1nc(-c2cccnc2)no1. The molecule has 2 aromatic heterocycles. The number of pyridine rings is 1. The fourth-order valence-corrected chi connectivity index (χ4v) is 2.60. The predicted molar refractivity (Wildman–Crippen MR) is 67.0 cm³/mol. The first-order valence-electron chi connectivity index (χ1n) is 6.30. The van der Waals surface area contributed by atoms with E-state index >= 15 is 0 Å². The van der Waals surface area contributed by atoms with Crippen molar-refractivity contribution in [3.8, 4) is 11.4 Å². The molecular formula is C13H16N4O. The normalized spacial score (nSPS) is 23.4. The molecule has 1 fully saturated rings. The third-order valence-corrected chi connectivity index (χ3v) is 3.57. The quantitative estimate of drug-likeness (QED) is 0.894. The van der Waals surface area contributed by atoms with E-state index in [1.165, 1.54) is 12.8 Å². The molecule has 5 nitrogen and oxygen atoms in total. The monoisotopic (exact) mass is 244 g/mol. The Labute approximate surface area is 106 Å². The molecule has 0 aromatic carbocycles. The predicted octanol–water partition coefficient (Wildman–Crippen LogP) is 1.99. The van der Waals surface area contributed by atoms with Crippen LogP contribution in [-0.2, 0) is 0 Å². The van der Waals surface area contributed by atoms with E-state index in [0.717, 1.165) is 17.9 Å². The van der Waals surface area contributed by atoms with Crippen molar-refractivity contribution in [3.05, 3.63) is 30.4 Å². The van der Waals surface area contributed by atoms with Gasteiger partial charge in [-0.15, -0.1) is 0 Å². The summed E-state index contributed by atoms with van der Waals surface area (Å²) in [5.41, 5.74) is 0.895. The van der Waals surface area contributed by atoms with E-state index in [2.05, 4.69) is 20.4 Å². The second-order valence-electron chi connectivity index (χ2n) is 4.63. The van der Waals surface area contributed by atoms with E-state index in [-0.39, 0.29) is 0 Å². The smallest absolute Gasteiger partial charge is 0.231 e. The van der Waals surface area contributed by atoms with Crippen LogP contribution < -0.4 is 5.32 Å². The number of rotatable bonds is 3. The number of hydrogen-bond acceptors (Lipinski definition) is 5. The lowest BCUT2D eigenvalue weighted by molar-refractivity contribution is 0.335. The molecule has 0 spiro atoms. The van der Waals surface area contributed by atoms with Crippen LogP contribution in [0.1, 0.15) is 31.1 Å². The Morgan fingerprint density at radius 1 is 1.39 bits per heavy atom. The third kappa shape index (κ3) is 2.01. The first-order valence-corrected chi connectivity index (χ1v) is 6.30. The summed E-state index contributed by atoms with van der Waals surface area (Å²) >= 11 is 0. The molecule has 3 rings (SSSR count). The molecule has 2 atom stereocenters. The fraction of sp³-hybridized carbons (Fsp3) is 0.462. The average molecular weight is 244 g/mol. The van der Waals surface area contributed by atoms with Gasteiger partial charge in [0.1, 0.15) is 0 Å². The van der Waals surface area contributed by atoms with Crippen LogP contribution in [0.5, 0.6) is 0 Å². The first-order chi connectivity index (χ1) is 8.88. The van der Waals surface area contributed by atoms with Crippen molar-refractivity contribution in [3.63, 3.8) is 0 Å². The zero-order valence-electron chi connectivity index (χ0n) is 10.3. The number of nitrogens with one attached hydrogen (secondary N) is 1. The van der Waals surface area contributed by atoms with E-state index in [4.69, 9.17) is 4.52 Å². The highest BCUT2D eigenvalue weighted by molar-refractivity contribution is 5.51. The molecule has 0 saturated heterocycles. The van der Waals surface area contributed by atoms with Crippen molar-refractivity contribution in [2.45, 2.75) is 31.2 Å². The lowest BCUT2D eigenvalue weighted by atomic mass is 10.0. The maximum atomic E-state index is 5.41. The number of nitrogens with zero attached hydrogens (tertiary/aromatic N) is 3. The Morgan fingerprint density at radius 2 is 2.33 bits per heavy atom. The van der Waals surface area contributed by atoms with E-state index < -0.39 is 0 Å². The largest absolute Gasteiger partial charge is 0.339 e. The van der Waals surface area contributed by atoms with Gasteiger partial charge in [0.25, 0.3) is 0 Å². The summed E-state index contributed by atoms with van der Waals surface area (Å²) in [5, 5.41) is 7.37. The van der Waals surface area contributed by atoms with Gasteiger partial charge in [-0.05, 0) is 32.0 Å². The molecule has 18 heavy (non-hydrogen) atoms. The Hall–Kier alpha value is -1.75. The average Bonchev–Trinajstić information content (AvgIpc) is 3.08. The summed E-state index contributed by atoms with van der Waals surface area (Å²) in [6, 6.07) is 4.26. The zero-order valence-corrected chi connectivity index (χ0v) is 10.3.